The van der Waals surface area contributed by atoms with E-state index < -0.39 is 0 Å². The van der Waals surface area contributed by atoms with E-state index in [4.69, 9.17) is 16.3 Å². The van der Waals surface area contributed by atoms with Crippen molar-refractivity contribution in [3.63, 3.8) is 0 Å². The summed E-state index contributed by atoms with van der Waals surface area (Å²) in [6.07, 6.45) is 1.71. The van der Waals surface area contributed by atoms with E-state index in [9.17, 15) is 4.79 Å². The molecule has 2 aromatic rings. The van der Waals surface area contributed by atoms with Crippen LogP contribution in [-0.2, 0) is 0 Å². The highest BCUT2D eigenvalue weighted by Crippen LogP contribution is 2.25. The zero-order valence-electron chi connectivity index (χ0n) is 10.6. The minimum absolute atomic E-state index is 0.277. The summed E-state index contributed by atoms with van der Waals surface area (Å²) in [7, 11) is 0. The Labute approximate surface area is 120 Å². The summed E-state index contributed by atoms with van der Waals surface area (Å²) >= 11 is 7.34. The number of anilines is 1. The molecule has 1 aromatic heterocycles. The molecule has 100 valence electrons. The molecule has 0 radical (unpaired) electrons. The molecule has 6 heteroatoms. The highest BCUT2D eigenvalue weighted by molar-refractivity contribution is 7.15. The number of thiazole rings is 1. The first kappa shape index (κ1) is 13.8. The van der Waals surface area contributed by atoms with Gasteiger partial charge in [0.25, 0.3) is 5.91 Å². The van der Waals surface area contributed by atoms with Crippen molar-refractivity contribution in [1.29, 1.82) is 0 Å². The Morgan fingerprint density at radius 3 is 2.95 bits per heavy atom. The number of carbonyl (C=O) groups excluding carboxylic acids is 1. The predicted octanol–water partition coefficient (Wildman–Crippen LogP) is 3.76. The van der Waals surface area contributed by atoms with Crippen molar-refractivity contribution >= 4 is 34.0 Å². The maximum Gasteiger partial charge on any atom is 0.261 e. The van der Waals surface area contributed by atoms with Gasteiger partial charge in [0.2, 0.25) is 0 Å². The largest absolute Gasteiger partial charge is 0.493 e. The first-order chi connectivity index (χ1) is 9.10. The van der Waals surface area contributed by atoms with E-state index in [1.807, 2.05) is 13.8 Å². The van der Waals surface area contributed by atoms with Crippen LogP contribution in [0.5, 0.6) is 5.75 Å². The maximum absolute atomic E-state index is 12.2. The molecular formula is C13H13ClN2O2S. The van der Waals surface area contributed by atoms with Crippen molar-refractivity contribution < 1.29 is 9.53 Å². The number of ether oxygens (including phenoxy) is 1. The van der Waals surface area contributed by atoms with Crippen LogP contribution in [-0.4, -0.2) is 17.5 Å². The molecule has 1 aromatic carbocycles. The lowest BCUT2D eigenvalue weighted by atomic mass is 10.2. The molecule has 0 aliphatic carbocycles. The molecule has 0 fully saturated rings. The standard InChI is InChI=1S/C13H13ClN2O2S/c1-3-18-11-5-4-9(14)6-10(11)12(17)16-13-15-7-8(2)19-13/h4-7H,3H2,1-2H3,(H,15,16,17). The number of aromatic nitrogens is 1. The molecule has 0 unspecified atom stereocenters. The molecule has 1 heterocycles. The molecule has 0 spiro atoms. The van der Waals surface area contributed by atoms with Crippen LogP contribution >= 0.6 is 22.9 Å². The van der Waals surface area contributed by atoms with Crippen LogP contribution in [0.25, 0.3) is 0 Å². The highest BCUT2D eigenvalue weighted by atomic mass is 35.5. The number of benzene rings is 1. The van der Waals surface area contributed by atoms with Gasteiger partial charge in [-0.2, -0.15) is 0 Å². The molecule has 0 saturated carbocycles. The molecule has 0 atom stereocenters. The van der Waals surface area contributed by atoms with E-state index in [0.717, 1.165) is 4.88 Å². The number of aryl methyl sites for hydroxylation is 1. The Kier molecular flexibility index (Phi) is 4.39. The summed E-state index contributed by atoms with van der Waals surface area (Å²) in [5.41, 5.74) is 0.405. The molecule has 19 heavy (non-hydrogen) atoms. The Morgan fingerprint density at radius 1 is 1.53 bits per heavy atom. The molecular weight excluding hydrogens is 284 g/mol. The second-order valence-electron chi connectivity index (χ2n) is 3.80. The number of halogens is 1. The molecule has 1 amide bonds. The van der Waals surface area contributed by atoms with Gasteiger partial charge in [-0.05, 0) is 32.0 Å². The van der Waals surface area contributed by atoms with Crippen molar-refractivity contribution in [2.45, 2.75) is 13.8 Å². The topological polar surface area (TPSA) is 51.2 Å². The highest BCUT2D eigenvalue weighted by Gasteiger charge is 2.14. The maximum atomic E-state index is 12.2. The van der Waals surface area contributed by atoms with Gasteiger partial charge in [0.05, 0.1) is 12.2 Å². The van der Waals surface area contributed by atoms with E-state index in [1.165, 1.54) is 11.3 Å². The quantitative estimate of drug-likeness (QED) is 0.934. The summed E-state index contributed by atoms with van der Waals surface area (Å²) in [5, 5.41) is 3.78. The third-order valence-corrected chi connectivity index (χ3v) is 3.39. The zero-order valence-corrected chi connectivity index (χ0v) is 12.1. The fraction of sp³-hybridized carbons (Fsp3) is 0.231. The van der Waals surface area contributed by atoms with Gasteiger partial charge in [0.1, 0.15) is 5.75 Å². The second kappa shape index (κ2) is 6.04. The van der Waals surface area contributed by atoms with Crippen molar-refractivity contribution in [2.75, 3.05) is 11.9 Å². The summed E-state index contributed by atoms with van der Waals surface area (Å²) in [5.74, 6) is 0.234. The molecule has 0 bridgehead atoms. The van der Waals surface area contributed by atoms with Gasteiger partial charge in [-0.1, -0.05) is 11.6 Å². The van der Waals surface area contributed by atoms with Crippen LogP contribution in [0.3, 0.4) is 0 Å². The average molecular weight is 297 g/mol. The number of nitrogens with zero attached hydrogens (tertiary/aromatic N) is 1. The summed E-state index contributed by atoms with van der Waals surface area (Å²) in [4.78, 5) is 17.3. The number of nitrogens with one attached hydrogen (secondary N) is 1. The minimum atomic E-state index is -0.277. The predicted molar refractivity (Wildman–Crippen MR) is 77.4 cm³/mol. The molecule has 0 saturated heterocycles. The Bertz CT molecular complexity index is 598. The molecule has 1 N–H and O–H groups in total. The lowest BCUT2D eigenvalue weighted by molar-refractivity contribution is 0.102. The van der Waals surface area contributed by atoms with Crippen LogP contribution in [0.2, 0.25) is 5.02 Å². The summed E-state index contributed by atoms with van der Waals surface area (Å²) < 4.78 is 5.42. The normalized spacial score (nSPS) is 10.3. The smallest absolute Gasteiger partial charge is 0.261 e. The van der Waals surface area contributed by atoms with E-state index in [-0.39, 0.29) is 5.91 Å². The molecule has 0 aliphatic rings. The third kappa shape index (κ3) is 3.45. The monoisotopic (exact) mass is 296 g/mol. The SMILES string of the molecule is CCOc1ccc(Cl)cc1C(=O)Nc1ncc(C)s1. The molecule has 2 rings (SSSR count). The van der Waals surface area contributed by atoms with Crippen LogP contribution < -0.4 is 10.1 Å². The van der Waals surface area contributed by atoms with Crippen LogP contribution in [0.15, 0.2) is 24.4 Å². The van der Waals surface area contributed by atoms with Crippen molar-refractivity contribution in [3.05, 3.63) is 39.9 Å². The lowest BCUT2D eigenvalue weighted by Gasteiger charge is -2.09. The molecule has 0 aliphatic heterocycles. The van der Waals surface area contributed by atoms with Gasteiger partial charge in [0.15, 0.2) is 5.13 Å². The van der Waals surface area contributed by atoms with Gasteiger partial charge in [-0.15, -0.1) is 11.3 Å². The first-order valence-electron chi connectivity index (χ1n) is 5.76. The van der Waals surface area contributed by atoms with Gasteiger partial charge >= 0.3 is 0 Å². The van der Waals surface area contributed by atoms with Crippen LogP contribution in [0.4, 0.5) is 5.13 Å². The lowest BCUT2D eigenvalue weighted by Crippen LogP contribution is -2.13. The van der Waals surface area contributed by atoms with Crippen molar-refractivity contribution in [2.24, 2.45) is 0 Å². The van der Waals surface area contributed by atoms with E-state index in [2.05, 4.69) is 10.3 Å². The van der Waals surface area contributed by atoms with E-state index in [0.29, 0.717) is 28.1 Å². The number of hydrogen-bond donors (Lipinski definition) is 1. The third-order valence-electron chi connectivity index (χ3n) is 2.33. The van der Waals surface area contributed by atoms with Crippen molar-refractivity contribution in [3.8, 4) is 5.75 Å². The molecule has 4 nitrogen and oxygen atoms in total. The van der Waals surface area contributed by atoms with Crippen LogP contribution in [0.1, 0.15) is 22.2 Å². The summed E-state index contributed by atoms with van der Waals surface area (Å²) in [6, 6.07) is 4.97. The van der Waals surface area contributed by atoms with E-state index >= 15 is 0 Å². The minimum Gasteiger partial charge on any atom is -0.493 e. The zero-order chi connectivity index (χ0) is 13.8. The number of rotatable bonds is 4. The van der Waals surface area contributed by atoms with Crippen molar-refractivity contribution in [1.82, 2.24) is 4.98 Å². The number of hydrogen-bond acceptors (Lipinski definition) is 4. The van der Waals surface area contributed by atoms with Crippen LogP contribution in [0, 0.1) is 6.92 Å². The first-order valence-corrected chi connectivity index (χ1v) is 6.95. The summed E-state index contributed by atoms with van der Waals surface area (Å²) in [6.45, 7) is 4.27. The van der Waals surface area contributed by atoms with E-state index in [1.54, 1.807) is 24.4 Å². The van der Waals surface area contributed by atoms with Gasteiger partial charge in [-0.25, -0.2) is 4.98 Å². The van der Waals surface area contributed by atoms with Gasteiger partial charge in [0, 0.05) is 16.1 Å². The fourth-order valence-corrected chi connectivity index (χ4v) is 2.37. The average Bonchev–Trinajstić information content (AvgIpc) is 2.77. The fourth-order valence-electron chi connectivity index (χ4n) is 1.54. The van der Waals surface area contributed by atoms with Gasteiger partial charge in [-0.3, -0.25) is 10.1 Å². The Morgan fingerprint density at radius 2 is 2.32 bits per heavy atom. The Balaban J connectivity index is 2.24. The number of amides is 1. The number of carbonyl (C=O) groups is 1. The second-order valence-corrected chi connectivity index (χ2v) is 5.47. The van der Waals surface area contributed by atoms with Gasteiger partial charge < -0.3 is 4.74 Å². The Hall–Kier alpha value is -1.59.